The molecular formula is C8H12O3. The van der Waals surface area contributed by atoms with Gasteiger partial charge >= 0.3 is 5.97 Å². The summed E-state index contributed by atoms with van der Waals surface area (Å²) in [7, 11) is 0. The Morgan fingerprint density at radius 2 is 2.55 bits per heavy atom. The molecule has 3 atom stereocenters. The molecule has 1 heterocycles. The lowest BCUT2D eigenvalue weighted by molar-refractivity contribution is -0.146. The van der Waals surface area contributed by atoms with Crippen molar-refractivity contribution in [1.29, 1.82) is 0 Å². The number of hydrogen-bond acceptors (Lipinski definition) is 3. The van der Waals surface area contributed by atoms with Crippen LogP contribution in [0, 0.1) is 11.8 Å². The third kappa shape index (κ3) is 1.03. The number of carbonyl (C=O) groups is 1. The Balaban J connectivity index is 1.85. The number of rotatable bonds is 2. The van der Waals surface area contributed by atoms with Crippen molar-refractivity contribution in [3.8, 4) is 0 Å². The van der Waals surface area contributed by atoms with E-state index in [0.29, 0.717) is 12.5 Å². The maximum absolute atomic E-state index is 11.1. The minimum atomic E-state index is -0.0674. The van der Waals surface area contributed by atoms with Crippen LogP contribution in [0.1, 0.15) is 13.3 Å². The highest BCUT2D eigenvalue weighted by Gasteiger charge is 2.59. The molecule has 0 radical (unpaired) electrons. The molecule has 0 spiro atoms. The molecule has 0 bridgehead atoms. The summed E-state index contributed by atoms with van der Waals surface area (Å²) in [5, 5.41) is 0. The number of carbonyl (C=O) groups excluding carboxylic acids is 1. The number of fused-ring (bicyclic) bond motifs is 1. The van der Waals surface area contributed by atoms with Crippen molar-refractivity contribution in [3.05, 3.63) is 0 Å². The smallest absolute Gasteiger partial charge is 0.311 e. The minimum Gasteiger partial charge on any atom is -0.466 e. The fourth-order valence-electron chi connectivity index (χ4n) is 1.80. The fraction of sp³-hybridized carbons (Fsp3) is 0.875. The molecule has 1 aliphatic carbocycles. The lowest BCUT2D eigenvalue weighted by Gasteiger charge is -2.02. The van der Waals surface area contributed by atoms with E-state index in [1.807, 2.05) is 6.92 Å². The third-order valence-corrected chi connectivity index (χ3v) is 2.42. The Kier molecular flexibility index (Phi) is 1.60. The molecule has 0 aromatic rings. The molecule has 3 heteroatoms. The monoisotopic (exact) mass is 156 g/mol. The van der Waals surface area contributed by atoms with E-state index in [0.717, 1.165) is 13.0 Å². The fourth-order valence-corrected chi connectivity index (χ4v) is 1.80. The normalized spacial score (nSPS) is 39.9. The second kappa shape index (κ2) is 2.48. The lowest BCUT2D eigenvalue weighted by atomic mass is 10.2. The van der Waals surface area contributed by atoms with Gasteiger partial charge in [-0.2, -0.15) is 0 Å². The molecule has 1 saturated carbocycles. The van der Waals surface area contributed by atoms with Gasteiger partial charge in [-0.25, -0.2) is 0 Å². The number of hydrogen-bond donors (Lipinski definition) is 0. The van der Waals surface area contributed by atoms with Crippen LogP contribution < -0.4 is 0 Å². The van der Waals surface area contributed by atoms with Gasteiger partial charge in [0.2, 0.25) is 0 Å². The van der Waals surface area contributed by atoms with Crippen LogP contribution in [0.3, 0.4) is 0 Å². The molecule has 0 aromatic heterocycles. The van der Waals surface area contributed by atoms with Gasteiger partial charge in [0.05, 0.1) is 18.6 Å². The molecule has 0 N–H and O–H groups in total. The van der Waals surface area contributed by atoms with E-state index >= 15 is 0 Å². The van der Waals surface area contributed by atoms with E-state index in [9.17, 15) is 4.79 Å². The highest BCUT2D eigenvalue weighted by molar-refractivity contribution is 5.77. The third-order valence-electron chi connectivity index (χ3n) is 2.42. The van der Waals surface area contributed by atoms with Crippen molar-refractivity contribution in [2.45, 2.75) is 19.4 Å². The molecule has 1 saturated heterocycles. The van der Waals surface area contributed by atoms with Gasteiger partial charge in [0.1, 0.15) is 0 Å². The van der Waals surface area contributed by atoms with Crippen LogP contribution >= 0.6 is 0 Å². The minimum absolute atomic E-state index is 0.0674. The Morgan fingerprint density at radius 3 is 3.09 bits per heavy atom. The Hall–Kier alpha value is -0.570. The molecule has 62 valence electrons. The summed E-state index contributed by atoms with van der Waals surface area (Å²) in [6, 6.07) is 0. The van der Waals surface area contributed by atoms with Crippen molar-refractivity contribution >= 4 is 5.97 Å². The van der Waals surface area contributed by atoms with E-state index in [2.05, 4.69) is 0 Å². The van der Waals surface area contributed by atoms with Gasteiger partial charge in [-0.15, -0.1) is 0 Å². The van der Waals surface area contributed by atoms with Crippen LogP contribution in [0.2, 0.25) is 0 Å². The lowest BCUT2D eigenvalue weighted by Crippen LogP contribution is -2.12. The molecular weight excluding hydrogens is 144 g/mol. The van der Waals surface area contributed by atoms with Gasteiger partial charge in [0, 0.05) is 12.5 Å². The zero-order valence-corrected chi connectivity index (χ0v) is 6.58. The Bertz CT molecular complexity index is 168. The highest BCUT2D eigenvalue weighted by Crippen LogP contribution is 2.49. The summed E-state index contributed by atoms with van der Waals surface area (Å²) in [4.78, 5) is 11.1. The van der Waals surface area contributed by atoms with Gasteiger partial charge in [0.15, 0.2) is 0 Å². The molecule has 0 amide bonds. The van der Waals surface area contributed by atoms with E-state index < -0.39 is 0 Å². The first kappa shape index (κ1) is 7.10. The van der Waals surface area contributed by atoms with Gasteiger partial charge in [0.25, 0.3) is 0 Å². The van der Waals surface area contributed by atoms with Crippen LogP contribution in [-0.4, -0.2) is 25.3 Å². The Labute approximate surface area is 65.7 Å². The van der Waals surface area contributed by atoms with Crippen LogP contribution in [0.4, 0.5) is 0 Å². The summed E-state index contributed by atoms with van der Waals surface area (Å²) in [6.07, 6.45) is 1.24. The van der Waals surface area contributed by atoms with Crippen LogP contribution in [0.25, 0.3) is 0 Å². The van der Waals surface area contributed by atoms with Gasteiger partial charge < -0.3 is 9.47 Å². The summed E-state index contributed by atoms with van der Waals surface area (Å²) >= 11 is 0. The maximum Gasteiger partial charge on any atom is 0.311 e. The van der Waals surface area contributed by atoms with Crippen molar-refractivity contribution in [2.75, 3.05) is 13.2 Å². The molecule has 2 fully saturated rings. The average molecular weight is 156 g/mol. The first-order chi connectivity index (χ1) is 5.34. The first-order valence-electron chi connectivity index (χ1n) is 4.13. The van der Waals surface area contributed by atoms with Crippen molar-refractivity contribution in [3.63, 3.8) is 0 Å². The molecule has 2 rings (SSSR count). The predicted octanol–water partition coefficient (Wildman–Crippen LogP) is 0.584. The second-order valence-corrected chi connectivity index (χ2v) is 3.07. The van der Waals surface area contributed by atoms with Crippen LogP contribution in [0.5, 0.6) is 0 Å². The maximum atomic E-state index is 11.1. The standard InChI is InChI=1S/C8H12O3/c1-2-10-8(9)6-5-3-4-11-7(5)6/h5-7H,2-4H2,1H3/t5-,6-,7-/m1/s1. The van der Waals surface area contributed by atoms with Crippen molar-refractivity contribution < 1.29 is 14.3 Å². The molecule has 11 heavy (non-hydrogen) atoms. The molecule has 3 nitrogen and oxygen atoms in total. The number of esters is 1. The first-order valence-corrected chi connectivity index (χ1v) is 4.13. The van der Waals surface area contributed by atoms with E-state index in [-0.39, 0.29) is 18.0 Å². The summed E-state index contributed by atoms with van der Waals surface area (Å²) in [6.45, 7) is 3.14. The van der Waals surface area contributed by atoms with Crippen LogP contribution in [-0.2, 0) is 14.3 Å². The quantitative estimate of drug-likeness (QED) is 0.549. The Morgan fingerprint density at radius 1 is 1.73 bits per heavy atom. The van der Waals surface area contributed by atoms with Crippen LogP contribution in [0.15, 0.2) is 0 Å². The molecule has 2 aliphatic rings. The second-order valence-electron chi connectivity index (χ2n) is 3.07. The topological polar surface area (TPSA) is 35.5 Å². The summed E-state index contributed by atoms with van der Waals surface area (Å²) in [5.74, 6) is 0.486. The van der Waals surface area contributed by atoms with E-state index in [1.54, 1.807) is 0 Å². The summed E-state index contributed by atoms with van der Waals surface area (Å²) < 4.78 is 10.2. The average Bonchev–Trinajstić information content (AvgIpc) is 2.47. The highest BCUT2D eigenvalue weighted by atomic mass is 16.5. The molecule has 0 aromatic carbocycles. The zero-order valence-electron chi connectivity index (χ0n) is 6.58. The number of ether oxygens (including phenoxy) is 2. The SMILES string of the molecule is CCOC(=O)[C@@H]1[C@H]2CCO[C@H]21. The molecule has 0 unspecified atom stereocenters. The van der Waals surface area contributed by atoms with E-state index in [4.69, 9.17) is 9.47 Å². The van der Waals surface area contributed by atoms with Crippen molar-refractivity contribution in [1.82, 2.24) is 0 Å². The largest absolute Gasteiger partial charge is 0.466 e. The van der Waals surface area contributed by atoms with Crippen molar-refractivity contribution in [2.24, 2.45) is 11.8 Å². The van der Waals surface area contributed by atoms with E-state index in [1.165, 1.54) is 0 Å². The molecule has 1 aliphatic heterocycles. The summed E-state index contributed by atoms with van der Waals surface area (Å²) in [5.41, 5.74) is 0. The van der Waals surface area contributed by atoms with Gasteiger partial charge in [-0.05, 0) is 13.3 Å². The predicted molar refractivity (Wildman–Crippen MR) is 38.0 cm³/mol. The zero-order chi connectivity index (χ0) is 7.84. The van der Waals surface area contributed by atoms with Gasteiger partial charge in [-0.3, -0.25) is 4.79 Å². The van der Waals surface area contributed by atoms with Gasteiger partial charge in [-0.1, -0.05) is 0 Å².